The average Bonchev–Trinajstić information content (AvgIpc) is 2.42. The Morgan fingerprint density at radius 3 is 2.37 bits per heavy atom. The number of nitrogens with one attached hydrogen (secondary N) is 1. The van der Waals surface area contributed by atoms with Crippen molar-refractivity contribution in [2.24, 2.45) is 0 Å². The maximum atomic E-state index is 3.98. The Balaban J connectivity index is 1.66. The van der Waals surface area contributed by atoms with E-state index < -0.39 is 0 Å². The number of benzene rings is 1. The molecule has 0 bridgehead atoms. The number of hydrogen-bond acceptors (Lipinski definition) is 1. The Bertz CT molecular complexity index is 390. The lowest BCUT2D eigenvalue weighted by Crippen LogP contribution is -2.35. The molecule has 0 aromatic heterocycles. The van der Waals surface area contributed by atoms with Crippen LogP contribution in [-0.2, 0) is 6.42 Å². The number of rotatable bonds is 2. The zero-order chi connectivity index (χ0) is 12.9. The molecule has 0 aliphatic heterocycles. The van der Waals surface area contributed by atoms with Crippen molar-refractivity contribution in [3.8, 4) is 0 Å². The molecule has 3 rings (SSSR count). The van der Waals surface area contributed by atoms with Crippen molar-refractivity contribution in [3.63, 3.8) is 0 Å². The minimum Gasteiger partial charge on any atom is -0.307 e. The monoisotopic (exact) mass is 257 g/mol. The molecule has 1 nitrogen and oxygen atoms in total. The molecule has 1 aromatic rings. The molecule has 1 N–H and O–H groups in total. The van der Waals surface area contributed by atoms with Gasteiger partial charge in [-0.05, 0) is 43.2 Å². The molecule has 0 amide bonds. The van der Waals surface area contributed by atoms with E-state index in [9.17, 15) is 0 Å². The molecule has 19 heavy (non-hydrogen) atoms. The van der Waals surface area contributed by atoms with Gasteiger partial charge in [-0.3, -0.25) is 0 Å². The Labute approximate surface area is 117 Å². The van der Waals surface area contributed by atoms with Crippen molar-refractivity contribution in [2.45, 2.75) is 76.3 Å². The summed E-state index contributed by atoms with van der Waals surface area (Å²) in [6.45, 7) is 0. The molecule has 104 valence electrons. The first-order chi connectivity index (χ1) is 9.43. The molecule has 1 fully saturated rings. The van der Waals surface area contributed by atoms with Crippen molar-refractivity contribution < 1.29 is 0 Å². The van der Waals surface area contributed by atoms with Crippen LogP contribution in [0.1, 0.15) is 75.0 Å². The van der Waals surface area contributed by atoms with Crippen LogP contribution in [0.5, 0.6) is 0 Å². The largest absolute Gasteiger partial charge is 0.307 e. The third-order valence-electron chi connectivity index (χ3n) is 4.91. The third kappa shape index (κ3) is 3.39. The van der Waals surface area contributed by atoms with Crippen molar-refractivity contribution in [3.05, 3.63) is 35.4 Å². The molecule has 2 aliphatic rings. The van der Waals surface area contributed by atoms with Crippen LogP contribution in [0.3, 0.4) is 0 Å². The molecular formula is C18H27N. The molecule has 1 unspecified atom stereocenters. The maximum Gasteiger partial charge on any atom is 0.0325 e. The number of hydrogen-bond donors (Lipinski definition) is 1. The second-order valence-electron chi connectivity index (χ2n) is 6.35. The molecule has 1 atom stereocenters. The molecule has 0 heterocycles. The molecule has 0 saturated heterocycles. The van der Waals surface area contributed by atoms with Gasteiger partial charge in [-0.15, -0.1) is 0 Å². The molecule has 0 radical (unpaired) electrons. The van der Waals surface area contributed by atoms with Crippen LogP contribution < -0.4 is 5.32 Å². The van der Waals surface area contributed by atoms with E-state index in [0.29, 0.717) is 6.04 Å². The normalized spacial score (nSPS) is 25.4. The minimum atomic E-state index is 0.620. The van der Waals surface area contributed by atoms with Gasteiger partial charge < -0.3 is 5.32 Å². The lowest BCUT2D eigenvalue weighted by Gasteiger charge is -2.31. The summed E-state index contributed by atoms with van der Waals surface area (Å²) in [6.07, 6.45) is 13.9. The summed E-state index contributed by atoms with van der Waals surface area (Å²) in [4.78, 5) is 0. The summed E-state index contributed by atoms with van der Waals surface area (Å²) in [5.74, 6) is 0. The first-order valence-corrected chi connectivity index (χ1v) is 8.27. The minimum absolute atomic E-state index is 0.620. The summed E-state index contributed by atoms with van der Waals surface area (Å²) in [5.41, 5.74) is 3.16. The number of aryl methyl sites for hydroxylation is 1. The van der Waals surface area contributed by atoms with Gasteiger partial charge in [-0.2, -0.15) is 0 Å². The van der Waals surface area contributed by atoms with Gasteiger partial charge in [-0.25, -0.2) is 0 Å². The zero-order valence-corrected chi connectivity index (χ0v) is 12.0. The van der Waals surface area contributed by atoms with Gasteiger partial charge in [0.05, 0.1) is 0 Å². The van der Waals surface area contributed by atoms with E-state index in [1.54, 1.807) is 11.1 Å². The quantitative estimate of drug-likeness (QED) is 0.805. The van der Waals surface area contributed by atoms with E-state index in [1.165, 1.54) is 64.2 Å². The SMILES string of the molecule is c1ccc2c(c1)CCCC2NC1CCCCCCC1. The van der Waals surface area contributed by atoms with E-state index in [-0.39, 0.29) is 0 Å². The van der Waals surface area contributed by atoms with Gasteiger partial charge in [0.25, 0.3) is 0 Å². The highest BCUT2D eigenvalue weighted by Gasteiger charge is 2.22. The summed E-state index contributed by atoms with van der Waals surface area (Å²) < 4.78 is 0. The highest BCUT2D eigenvalue weighted by atomic mass is 15.0. The van der Waals surface area contributed by atoms with E-state index in [4.69, 9.17) is 0 Å². The summed E-state index contributed by atoms with van der Waals surface area (Å²) >= 11 is 0. The van der Waals surface area contributed by atoms with Crippen LogP contribution in [0, 0.1) is 0 Å². The number of fused-ring (bicyclic) bond motifs is 1. The van der Waals surface area contributed by atoms with Gasteiger partial charge in [0, 0.05) is 12.1 Å². The molecule has 1 heteroatoms. The smallest absolute Gasteiger partial charge is 0.0325 e. The molecule has 2 aliphatic carbocycles. The van der Waals surface area contributed by atoms with Crippen LogP contribution >= 0.6 is 0 Å². The fourth-order valence-corrected chi connectivity index (χ4v) is 3.83. The first-order valence-electron chi connectivity index (χ1n) is 8.27. The van der Waals surface area contributed by atoms with Gasteiger partial charge in [0.2, 0.25) is 0 Å². The van der Waals surface area contributed by atoms with E-state index in [1.807, 2.05) is 0 Å². The Morgan fingerprint density at radius 1 is 0.789 bits per heavy atom. The Hall–Kier alpha value is -0.820. The highest BCUT2D eigenvalue weighted by molar-refractivity contribution is 5.32. The lowest BCUT2D eigenvalue weighted by atomic mass is 9.86. The van der Waals surface area contributed by atoms with Crippen molar-refractivity contribution in [1.29, 1.82) is 0 Å². The van der Waals surface area contributed by atoms with Crippen molar-refractivity contribution >= 4 is 0 Å². The Morgan fingerprint density at radius 2 is 1.53 bits per heavy atom. The Kier molecular flexibility index (Phi) is 4.55. The predicted molar refractivity (Wildman–Crippen MR) is 81.4 cm³/mol. The molecule has 0 spiro atoms. The maximum absolute atomic E-state index is 3.98. The fourth-order valence-electron chi connectivity index (χ4n) is 3.83. The first kappa shape index (κ1) is 13.2. The molecular weight excluding hydrogens is 230 g/mol. The third-order valence-corrected chi connectivity index (χ3v) is 4.91. The van der Waals surface area contributed by atoms with Gasteiger partial charge in [-0.1, -0.05) is 56.4 Å². The van der Waals surface area contributed by atoms with Crippen molar-refractivity contribution in [2.75, 3.05) is 0 Å². The second-order valence-corrected chi connectivity index (χ2v) is 6.35. The average molecular weight is 257 g/mol. The standard InChI is InChI=1S/C18H27N/c1-2-4-11-16(12-5-3-1)19-18-14-8-10-15-9-6-7-13-17(15)18/h6-7,9,13,16,18-19H,1-5,8,10-12,14H2. The fraction of sp³-hybridized carbons (Fsp3) is 0.667. The van der Waals surface area contributed by atoms with Crippen molar-refractivity contribution in [1.82, 2.24) is 5.32 Å². The van der Waals surface area contributed by atoms with Gasteiger partial charge in [0.1, 0.15) is 0 Å². The van der Waals surface area contributed by atoms with Crippen LogP contribution in [0.15, 0.2) is 24.3 Å². The lowest BCUT2D eigenvalue weighted by molar-refractivity contribution is 0.334. The van der Waals surface area contributed by atoms with E-state index >= 15 is 0 Å². The van der Waals surface area contributed by atoms with E-state index in [2.05, 4.69) is 29.6 Å². The second kappa shape index (κ2) is 6.56. The van der Waals surface area contributed by atoms with Gasteiger partial charge in [0.15, 0.2) is 0 Å². The zero-order valence-electron chi connectivity index (χ0n) is 12.0. The van der Waals surface area contributed by atoms with Crippen LogP contribution in [0.25, 0.3) is 0 Å². The highest BCUT2D eigenvalue weighted by Crippen LogP contribution is 2.31. The predicted octanol–water partition coefficient (Wildman–Crippen LogP) is 4.77. The van der Waals surface area contributed by atoms with Crippen LogP contribution in [0.2, 0.25) is 0 Å². The summed E-state index contributed by atoms with van der Waals surface area (Å²) in [7, 11) is 0. The van der Waals surface area contributed by atoms with Crippen LogP contribution in [-0.4, -0.2) is 6.04 Å². The topological polar surface area (TPSA) is 12.0 Å². The van der Waals surface area contributed by atoms with E-state index in [0.717, 1.165) is 6.04 Å². The summed E-state index contributed by atoms with van der Waals surface area (Å²) in [6, 6.07) is 10.4. The van der Waals surface area contributed by atoms with Crippen LogP contribution in [0.4, 0.5) is 0 Å². The molecule has 1 saturated carbocycles. The summed E-state index contributed by atoms with van der Waals surface area (Å²) in [5, 5.41) is 3.98. The van der Waals surface area contributed by atoms with Gasteiger partial charge >= 0.3 is 0 Å². The molecule has 1 aromatic carbocycles.